The summed E-state index contributed by atoms with van der Waals surface area (Å²) < 4.78 is 0. The van der Waals surface area contributed by atoms with E-state index >= 15 is 0 Å². The van der Waals surface area contributed by atoms with Crippen LogP contribution < -0.4 is 5.73 Å². The molecule has 68 valence electrons. The van der Waals surface area contributed by atoms with Gasteiger partial charge in [0.25, 0.3) is 0 Å². The maximum atomic E-state index is 6.23. The van der Waals surface area contributed by atoms with Crippen molar-refractivity contribution < 1.29 is 0 Å². The number of rotatable bonds is 3. The van der Waals surface area contributed by atoms with E-state index in [1.807, 2.05) is 0 Å². The zero-order valence-electron chi connectivity index (χ0n) is 7.79. The van der Waals surface area contributed by atoms with Crippen molar-refractivity contribution in [1.29, 1.82) is 0 Å². The highest BCUT2D eigenvalue weighted by molar-refractivity contribution is 5.02. The zero-order chi connectivity index (χ0) is 8.60. The summed E-state index contributed by atoms with van der Waals surface area (Å²) in [4.78, 5) is 2.42. The molecule has 1 unspecified atom stereocenters. The van der Waals surface area contributed by atoms with Gasteiger partial charge in [0.05, 0.1) is 0 Å². The molecule has 0 saturated heterocycles. The molecule has 2 heteroatoms. The summed E-state index contributed by atoms with van der Waals surface area (Å²) in [5, 5.41) is 0. The fourth-order valence-electron chi connectivity index (χ4n) is 2.00. The van der Waals surface area contributed by atoms with Crippen LogP contribution in [-0.2, 0) is 0 Å². The summed E-state index contributed by atoms with van der Waals surface area (Å²) in [7, 11) is 0. The van der Waals surface area contributed by atoms with E-state index in [9.17, 15) is 0 Å². The Hall–Kier alpha value is -0.340. The monoisotopic (exact) mass is 166 g/mol. The first kappa shape index (κ1) is 8.27. The predicted molar refractivity (Wildman–Crippen MR) is 50.9 cm³/mol. The van der Waals surface area contributed by atoms with Gasteiger partial charge in [0.15, 0.2) is 0 Å². The molecule has 0 bridgehead atoms. The summed E-state index contributed by atoms with van der Waals surface area (Å²) in [5.41, 5.74) is 6.29. The van der Waals surface area contributed by atoms with Crippen molar-refractivity contribution in [2.24, 2.45) is 11.7 Å². The van der Waals surface area contributed by atoms with Crippen LogP contribution in [0.25, 0.3) is 0 Å². The molecule has 0 aromatic heterocycles. The quantitative estimate of drug-likeness (QED) is 0.633. The van der Waals surface area contributed by atoms with E-state index in [-0.39, 0.29) is 5.54 Å². The molecule has 1 saturated carbocycles. The number of hydrogen-bond acceptors (Lipinski definition) is 2. The largest absolute Gasteiger partial charge is 0.324 e. The molecule has 1 atom stereocenters. The third-order valence-corrected chi connectivity index (χ3v) is 2.97. The molecule has 0 radical (unpaired) electrons. The summed E-state index contributed by atoms with van der Waals surface area (Å²) in [6.45, 7) is 5.45. The normalized spacial score (nSPS) is 29.2. The molecule has 1 fully saturated rings. The Bertz CT molecular complexity index is 184. The fraction of sp³-hybridized carbons (Fsp3) is 0.800. The van der Waals surface area contributed by atoms with E-state index in [1.165, 1.54) is 12.8 Å². The second kappa shape index (κ2) is 2.86. The molecule has 1 heterocycles. The Morgan fingerprint density at radius 1 is 1.42 bits per heavy atom. The molecular formula is C10H18N2. The van der Waals surface area contributed by atoms with Crippen LogP contribution in [0.2, 0.25) is 0 Å². The van der Waals surface area contributed by atoms with Gasteiger partial charge in [-0.1, -0.05) is 12.2 Å². The lowest BCUT2D eigenvalue weighted by Gasteiger charge is -2.29. The zero-order valence-corrected chi connectivity index (χ0v) is 7.79. The summed E-state index contributed by atoms with van der Waals surface area (Å²) >= 11 is 0. The third kappa shape index (κ3) is 1.70. The summed E-state index contributed by atoms with van der Waals surface area (Å²) in [5.74, 6) is 0.790. The number of nitrogens with zero attached hydrogens (tertiary/aromatic N) is 1. The van der Waals surface area contributed by atoms with Gasteiger partial charge < -0.3 is 5.73 Å². The van der Waals surface area contributed by atoms with Crippen LogP contribution in [0.1, 0.15) is 19.8 Å². The summed E-state index contributed by atoms with van der Waals surface area (Å²) in [6, 6.07) is 0. The van der Waals surface area contributed by atoms with E-state index in [0.717, 1.165) is 25.6 Å². The average Bonchev–Trinajstić information content (AvgIpc) is 2.74. The highest BCUT2D eigenvalue weighted by Gasteiger charge is 2.39. The molecule has 2 rings (SSSR count). The van der Waals surface area contributed by atoms with Crippen LogP contribution in [0.15, 0.2) is 12.2 Å². The first-order valence-corrected chi connectivity index (χ1v) is 4.85. The Morgan fingerprint density at radius 2 is 2.00 bits per heavy atom. The Balaban J connectivity index is 1.84. The number of hydrogen-bond donors (Lipinski definition) is 1. The van der Waals surface area contributed by atoms with Crippen molar-refractivity contribution in [2.45, 2.75) is 25.3 Å². The van der Waals surface area contributed by atoms with Crippen molar-refractivity contribution >= 4 is 0 Å². The second-order valence-electron chi connectivity index (χ2n) is 4.45. The molecule has 1 aliphatic carbocycles. The molecular weight excluding hydrogens is 148 g/mol. The van der Waals surface area contributed by atoms with Gasteiger partial charge in [-0.15, -0.1) is 0 Å². The lowest BCUT2D eigenvalue weighted by atomic mass is 9.97. The standard InChI is InChI=1S/C10H18N2/c1-10(11,9-4-5-9)8-12-6-2-3-7-12/h2-3,9H,4-8,11H2,1H3. The summed E-state index contributed by atoms with van der Waals surface area (Å²) in [6.07, 6.45) is 7.13. The molecule has 2 nitrogen and oxygen atoms in total. The lowest BCUT2D eigenvalue weighted by molar-refractivity contribution is 0.246. The van der Waals surface area contributed by atoms with Crippen molar-refractivity contribution in [3.05, 3.63) is 12.2 Å². The first-order valence-electron chi connectivity index (χ1n) is 4.85. The van der Waals surface area contributed by atoms with Crippen molar-refractivity contribution in [3.63, 3.8) is 0 Å². The molecule has 1 aliphatic heterocycles. The van der Waals surface area contributed by atoms with Gasteiger partial charge >= 0.3 is 0 Å². The molecule has 0 aromatic rings. The third-order valence-electron chi connectivity index (χ3n) is 2.97. The van der Waals surface area contributed by atoms with Crippen LogP contribution in [0.3, 0.4) is 0 Å². The minimum absolute atomic E-state index is 0.0615. The van der Waals surface area contributed by atoms with Gasteiger partial charge in [-0.3, -0.25) is 4.90 Å². The molecule has 0 aromatic carbocycles. The van der Waals surface area contributed by atoms with Crippen molar-refractivity contribution in [1.82, 2.24) is 4.90 Å². The van der Waals surface area contributed by atoms with Crippen LogP contribution in [0.4, 0.5) is 0 Å². The van der Waals surface area contributed by atoms with E-state index in [0.29, 0.717) is 0 Å². The molecule has 2 aliphatic rings. The minimum Gasteiger partial charge on any atom is -0.324 e. The Kier molecular flexibility index (Phi) is 1.97. The highest BCUT2D eigenvalue weighted by atomic mass is 15.2. The van der Waals surface area contributed by atoms with E-state index < -0.39 is 0 Å². The molecule has 12 heavy (non-hydrogen) atoms. The highest BCUT2D eigenvalue weighted by Crippen LogP contribution is 2.38. The van der Waals surface area contributed by atoms with Crippen molar-refractivity contribution in [3.8, 4) is 0 Å². The van der Waals surface area contributed by atoms with Crippen LogP contribution >= 0.6 is 0 Å². The van der Waals surface area contributed by atoms with Gasteiger partial charge in [0, 0.05) is 25.2 Å². The first-order chi connectivity index (χ1) is 5.68. The minimum atomic E-state index is 0.0615. The van der Waals surface area contributed by atoms with Crippen LogP contribution in [0.5, 0.6) is 0 Å². The van der Waals surface area contributed by atoms with Gasteiger partial charge in [0.1, 0.15) is 0 Å². The molecule has 2 N–H and O–H groups in total. The fourth-order valence-corrected chi connectivity index (χ4v) is 2.00. The van der Waals surface area contributed by atoms with Crippen LogP contribution in [-0.4, -0.2) is 30.1 Å². The topological polar surface area (TPSA) is 29.3 Å². The van der Waals surface area contributed by atoms with Gasteiger partial charge in [-0.05, 0) is 25.7 Å². The smallest absolute Gasteiger partial charge is 0.0283 e. The molecule has 0 spiro atoms. The second-order valence-corrected chi connectivity index (χ2v) is 4.45. The van der Waals surface area contributed by atoms with E-state index in [2.05, 4.69) is 24.0 Å². The lowest BCUT2D eigenvalue weighted by Crippen LogP contribution is -2.49. The Labute approximate surface area is 74.4 Å². The van der Waals surface area contributed by atoms with Crippen LogP contribution in [0, 0.1) is 5.92 Å². The van der Waals surface area contributed by atoms with Gasteiger partial charge in [0.2, 0.25) is 0 Å². The Morgan fingerprint density at radius 3 is 2.50 bits per heavy atom. The van der Waals surface area contributed by atoms with Gasteiger partial charge in [-0.2, -0.15) is 0 Å². The van der Waals surface area contributed by atoms with Gasteiger partial charge in [-0.25, -0.2) is 0 Å². The van der Waals surface area contributed by atoms with E-state index in [4.69, 9.17) is 5.73 Å². The van der Waals surface area contributed by atoms with E-state index in [1.54, 1.807) is 0 Å². The van der Waals surface area contributed by atoms with Crippen molar-refractivity contribution in [2.75, 3.05) is 19.6 Å². The number of nitrogens with two attached hydrogens (primary N) is 1. The maximum absolute atomic E-state index is 6.23. The molecule has 0 amide bonds. The average molecular weight is 166 g/mol. The maximum Gasteiger partial charge on any atom is 0.0283 e. The SMILES string of the molecule is CC(N)(CN1CC=CC1)C1CC1. The predicted octanol–water partition coefficient (Wildman–Crippen LogP) is 0.986.